The average Bonchev–Trinajstić information content (AvgIpc) is 3.16. The third-order valence-corrected chi connectivity index (χ3v) is 4.97. The summed E-state index contributed by atoms with van der Waals surface area (Å²) >= 11 is 0. The molecule has 4 rings (SSSR count). The van der Waals surface area contributed by atoms with Crippen LogP contribution in [0.15, 0.2) is 18.3 Å². The highest BCUT2D eigenvalue weighted by Gasteiger charge is 2.41. The predicted molar refractivity (Wildman–Crippen MR) is 82.5 cm³/mol. The maximum Gasteiger partial charge on any atom is 0.233 e. The van der Waals surface area contributed by atoms with Gasteiger partial charge >= 0.3 is 0 Å². The minimum absolute atomic E-state index is 0.311. The van der Waals surface area contributed by atoms with E-state index in [9.17, 15) is 0 Å². The van der Waals surface area contributed by atoms with Crippen LogP contribution >= 0.6 is 0 Å². The zero-order chi connectivity index (χ0) is 15.1. The van der Waals surface area contributed by atoms with Crippen LogP contribution in [0.3, 0.4) is 0 Å². The molecule has 2 fully saturated rings. The number of benzene rings is 1. The van der Waals surface area contributed by atoms with Gasteiger partial charge in [-0.05, 0) is 37.5 Å². The molecule has 0 amide bonds. The van der Waals surface area contributed by atoms with E-state index >= 15 is 0 Å². The second kappa shape index (κ2) is 5.30. The number of methoxy groups -OCH3 is 2. The summed E-state index contributed by atoms with van der Waals surface area (Å²) in [6.07, 6.45) is 7.16. The van der Waals surface area contributed by atoms with Crippen LogP contribution in [-0.4, -0.2) is 30.3 Å². The molecule has 1 aromatic heterocycles. The van der Waals surface area contributed by atoms with Crippen LogP contribution in [0.5, 0.6) is 17.4 Å². The molecule has 0 radical (unpaired) electrons. The van der Waals surface area contributed by atoms with Gasteiger partial charge in [-0.3, -0.25) is 0 Å². The van der Waals surface area contributed by atoms with Gasteiger partial charge in [-0.2, -0.15) is 0 Å². The Labute approximate surface area is 129 Å². The van der Waals surface area contributed by atoms with Crippen LogP contribution in [0.25, 0.3) is 11.0 Å². The van der Waals surface area contributed by atoms with Gasteiger partial charge in [-0.25, -0.2) is 9.97 Å². The van der Waals surface area contributed by atoms with Gasteiger partial charge in [-0.15, -0.1) is 0 Å². The summed E-state index contributed by atoms with van der Waals surface area (Å²) in [6, 6.07) is 3.68. The first-order chi connectivity index (χ1) is 10.8. The lowest BCUT2D eigenvalue weighted by molar-refractivity contribution is 0.132. The van der Waals surface area contributed by atoms with E-state index in [1.807, 2.05) is 12.1 Å². The van der Waals surface area contributed by atoms with E-state index in [1.165, 1.54) is 19.3 Å². The molecule has 2 aliphatic carbocycles. The molecule has 22 heavy (non-hydrogen) atoms. The van der Waals surface area contributed by atoms with Crippen molar-refractivity contribution in [1.82, 2.24) is 9.97 Å². The summed E-state index contributed by atoms with van der Waals surface area (Å²) in [5, 5.41) is 0. The Morgan fingerprint density at radius 3 is 2.41 bits per heavy atom. The Bertz CT molecular complexity index is 704. The molecule has 2 aromatic rings. The summed E-state index contributed by atoms with van der Waals surface area (Å²) in [4.78, 5) is 9.03. The zero-order valence-electron chi connectivity index (χ0n) is 12.9. The Morgan fingerprint density at radius 2 is 1.77 bits per heavy atom. The maximum atomic E-state index is 6.10. The molecule has 0 spiro atoms. The molecule has 2 aliphatic rings. The van der Waals surface area contributed by atoms with Gasteiger partial charge in [-0.1, -0.05) is 0 Å². The molecule has 0 saturated heterocycles. The molecule has 0 aliphatic heterocycles. The van der Waals surface area contributed by atoms with Crippen LogP contribution in [-0.2, 0) is 0 Å². The second-order valence-corrected chi connectivity index (χ2v) is 6.24. The van der Waals surface area contributed by atoms with E-state index in [-0.39, 0.29) is 0 Å². The number of fused-ring (bicyclic) bond motifs is 3. The molecule has 5 nitrogen and oxygen atoms in total. The van der Waals surface area contributed by atoms with Gasteiger partial charge in [0.15, 0.2) is 11.5 Å². The molecule has 2 saturated carbocycles. The lowest BCUT2D eigenvalue weighted by atomic mass is 9.98. The second-order valence-electron chi connectivity index (χ2n) is 6.24. The Morgan fingerprint density at radius 1 is 1.00 bits per heavy atom. The van der Waals surface area contributed by atoms with E-state index < -0.39 is 0 Å². The van der Waals surface area contributed by atoms with E-state index in [4.69, 9.17) is 14.2 Å². The van der Waals surface area contributed by atoms with Crippen molar-refractivity contribution in [1.29, 1.82) is 0 Å². The average molecular weight is 300 g/mol. The zero-order valence-corrected chi connectivity index (χ0v) is 12.9. The van der Waals surface area contributed by atoms with Crippen molar-refractivity contribution >= 4 is 11.0 Å². The molecule has 0 unspecified atom stereocenters. The van der Waals surface area contributed by atoms with Crippen molar-refractivity contribution < 1.29 is 14.2 Å². The summed E-state index contributed by atoms with van der Waals surface area (Å²) in [5.41, 5.74) is 1.54. The van der Waals surface area contributed by atoms with Gasteiger partial charge in [0.25, 0.3) is 0 Å². The summed E-state index contributed by atoms with van der Waals surface area (Å²) in [5.74, 6) is 3.48. The SMILES string of the molecule is COc1cc2ncc(O[C@H]3C[C@@H]4CC[C@H]3C4)nc2cc1OC. The predicted octanol–water partition coefficient (Wildman–Crippen LogP) is 3.21. The third-order valence-electron chi connectivity index (χ3n) is 4.97. The molecular weight excluding hydrogens is 280 g/mol. The smallest absolute Gasteiger partial charge is 0.233 e. The Balaban J connectivity index is 1.62. The topological polar surface area (TPSA) is 53.5 Å². The fourth-order valence-corrected chi connectivity index (χ4v) is 3.87. The van der Waals surface area contributed by atoms with Crippen LogP contribution in [0, 0.1) is 11.8 Å². The lowest BCUT2D eigenvalue weighted by Gasteiger charge is -2.22. The van der Waals surface area contributed by atoms with Crippen LogP contribution in [0.2, 0.25) is 0 Å². The summed E-state index contributed by atoms with van der Waals surface area (Å²) < 4.78 is 16.7. The normalized spacial score (nSPS) is 26.4. The Hall–Kier alpha value is -2.04. The molecular formula is C17H20N2O3. The molecule has 1 aromatic carbocycles. The van der Waals surface area contributed by atoms with Crippen LogP contribution in [0.1, 0.15) is 25.7 Å². The van der Waals surface area contributed by atoms with Crippen LogP contribution < -0.4 is 14.2 Å². The highest BCUT2D eigenvalue weighted by molar-refractivity contribution is 5.79. The van der Waals surface area contributed by atoms with Gasteiger partial charge < -0.3 is 14.2 Å². The van der Waals surface area contributed by atoms with Crippen molar-refractivity contribution in [2.45, 2.75) is 31.8 Å². The number of nitrogens with zero attached hydrogens (tertiary/aromatic N) is 2. The highest BCUT2D eigenvalue weighted by atomic mass is 16.5. The number of aromatic nitrogens is 2. The molecule has 2 bridgehead atoms. The van der Waals surface area contributed by atoms with Crippen molar-refractivity contribution in [3.63, 3.8) is 0 Å². The molecule has 5 heteroatoms. The van der Waals surface area contributed by atoms with E-state index in [1.54, 1.807) is 20.4 Å². The van der Waals surface area contributed by atoms with Crippen molar-refractivity contribution in [3.8, 4) is 17.4 Å². The summed E-state index contributed by atoms with van der Waals surface area (Å²) in [7, 11) is 3.23. The summed E-state index contributed by atoms with van der Waals surface area (Å²) in [6.45, 7) is 0. The van der Waals surface area contributed by atoms with Crippen molar-refractivity contribution in [2.75, 3.05) is 14.2 Å². The van der Waals surface area contributed by atoms with E-state index in [0.717, 1.165) is 23.4 Å². The quantitative estimate of drug-likeness (QED) is 0.868. The van der Waals surface area contributed by atoms with Crippen molar-refractivity contribution in [3.05, 3.63) is 18.3 Å². The monoisotopic (exact) mass is 300 g/mol. The van der Waals surface area contributed by atoms with Crippen molar-refractivity contribution in [2.24, 2.45) is 11.8 Å². The minimum atomic E-state index is 0.311. The maximum absolute atomic E-state index is 6.10. The highest BCUT2D eigenvalue weighted by Crippen LogP contribution is 2.45. The number of rotatable bonds is 4. The first-order valence-corrected chi connectivity index (χ1v) is 7.82. The first kappa shape index (κ1) is 13.6. The standard InChI is InChI=1S/C17H20N2O3/c1-20-15-7-12-13(8-16(15)21-2)19-17(9-18-12)22-14-6-10-3-4-11(14)5-10/h7-11,14H,3-6H2,1-2H3/t10-,11+,14+/m1/s1. The van der Waals surface area contributed by atoms with Gasteiger partial charge in [0.2, 0.25) is 5.88 Å². The van der Waals surface area contributed by atoms with E-state index in [2.05, 4.69) is 9.97 Å². The number of ether oxygens (including phenoxy) is 3. The van der Waals surface area contributed by atoms with Gasteiger partial charge in [0.1, 0.15) is 6.10 Å². The molecule has 1 heterocycles. The Kier molecular flexibility index (Phi) is 3.28. The van der Waals surface area contributed by atoms with Gasteiger partial charge in [0.05, 0.1) is 31.4 Å². The number of hydrogen-bond donors (Lipinski definition) is 0. The van der Waals surface area contributed by atoms with Crippen LogP contribution in [0.4, 0.5) is 0 Å². The fourth-order valence-electron chi connectivity index (χ4n) is 3.87. The first-order valence-electron chi connectivity index (χ1n) is 7.82. The molecule has 0 N–H and O–H groups in total. The van der Waals surface area contributed by atoms with E-state index in [0.29, 0.717) is 29.4 Å². The lowest BCUT2D eigenvalue weighted by Crippen LogP contribution is -2.23. The largest absolute Gasteiger partial charge is 0.493 e. The fraction of sp³-hybridized carbons (Fsp3) is 0.529. The molecule has 3 atom stereocenters. The third kappa shape index (κ3) is 2.25. The van der Waals surface area contributed by atoms with Gasteiger partial charge in [0, 0.05) is 12.1 Å². The number of hydrogen-bond acceptors (Lipinski definition) is 5. The molecule has 116 valence electrons. The minimum Gasteiger partial charge on any atom is -0.493 e.